The monoisotopic (exact) mass is 408 g/mol. The first-order chi connectivity index (χ1) is 14.5. The standard InChI is InChI=1S/C25H32N2O3/c1-19(2)25(29)27(18-21-12-7-4-8-13-21)23(16-20-10-5-3-6-11-20)24(28)26-17-22-14-9-15-30-22/h3-8,10-13,19,22-23H,9,14-18H2,1-2H3,(H,26,28)/t22-,23+/m1/s1. The normalized spacial score (nSPS) is 17.0. The van der Waals surface area contributed by atoms with Crippen LogP contribution in [0.5, 0.6) is 0 Å². The summed E-state index contributed by atoms with van der Waals surface area (Å²) in [6.07, 6.45) is 2.53. The van der Waals surface area contributed by atoms with E-state index in [9.17, 15) is 9.59 Å². The van der Waals surface area contributed by atoms with Gasteiger partial charge in [-0.05, 0) is 24.0 Å². The van der Waals surface area contributed by atoms with Gasteiger partial charge in [0.05, 0.1) is 6.10 Å². The van der Waals surface area contributed by atoms with E-state index in [2.05, 4.69) is 5.32 Å². The molecule has 5 heteroatoms. The molecule has 0 unspecified atom stereocenters. The van der Waals surface area contributed by atoms with Crippen LogP contribution in [-0.2, 0) is 27.3 Å². The Labute approximate surface area is 179 Å². The van der Waals surface area contributed by atoms with Crippen LogP contribution in [0.1, 0.15) is 37.8 Å². The molecule has 0 saturated carbocycles. The molecule has 2 aromatic rings. The average molecular weight is 409 g/mol. The van der Waals surface area contributed by atoms with Crippen molar-refractivity contribution in [3.8, 4) is 0 Å². The fourth-order valence-corrected chi connectivity index (χ4v) is 3.77. The molecule has 1 N–H and O–H groups in total. The number of carbonyl (C=O) groups excluding carboxylic acids is 2. The van der Waals surface area contributed by atoms with Crippen LogP contribution >= 0.6 is 0 Å². The van der Waals surface area contributed by atoms with Crippen molar-refractivity contribution in [2.24, 2.45) is 5.92 Å². The summed E-state index contributed by atoms with van der Waals surface area (Å²) in [5.41, 5.74) is 2.04. The van der Waals surface area contributed by atoms with E-state index in [1.54, 1.807) is 4.90 Å². The van der Waals surface area contributed by atoms with Gasteiger partial charge in [0, 0.05) is 32.0 Å². The molecule has 1 heterocycles. The molecule has 1 aliphatic rings. The minimum absolute atomic E-state index is 0.0212. The average Bonchev–Trinajstić information content (AvgIpc) is 3.29. The van der Waals surface area contributed by atoms with Gasteiger partial charge in [-0.2, -0.15) is 0 Å². The van der Waals surface area contributed by atoms with Gasteiger partial charge in [-0.3, -0.25) is 9.59 Å². The maximum Gasteiger partial charge on any atom is 0.243 e. The second-order valence-corrected chi connectivity index (χ2v) is 8.19. The molecule has 0 aliphatic carbocycles. The van der Waals surface area contributed by atoms with Crippen LogP contribution in [0.15, 0.2) is 60.7 Å². The van der Waals surface area contributed by atoms with Crippen molar-refractivity contribution < 1.29 is 14.3 Å². The molecule has 1 aliphatic heterocycles. The zero-order valence-electron chi connectivity index (χ0n) is 17.9. The number of carbonyl (C=O) groups is 2. The Morgan fingerprint density at radius 1 is 1.03 bits per heavy atom. The van der Waals surface area contributed by atoms with Crippen LogP contribution in [0.4, 0.5) is 0 Å². The summed E-state index contributed by atoms with van der Waals surface area (Å²) in [7, 11) is 0. The number of ether oxygens (including phenoxy) is 1. The number of hydrogen-bond donors (Lipinski definition) is 1. The van der Waals surface area contributed by atoms with E-state index in [0.717, 1.165) is 30.6 Å². The molecule has 3 rings (SSSR count). The first-order valence-electron chi connectivity index (χ1n) is 10.8. The molecule has 5 nitrogen and oxygen atoms in total. The molecule has 160 valence electrons. The predicted molar refractivity (Wildman–Crippen MR) is 118 cm³/mol. The van der Waals surface area contributed by atoms with Crippen LogP contribution in [0.25, 0.3) is 0 Å². The van der Waals surface area contributed by atoms with Crippen molar-refractivity contribution in [1.29, 1.82) is 0 Å². The fraction of sp³-hybridized carbons (Fsp3) is 0.440. The molecular weight excluding hydrogens is 376 g/mol. The molecule has 2 atom stereocenters. The van der Waals surface area contributed by atoms with Gasteiger partial charge in [0.15, 0.2) is 0 Å². The van der Waals surface area contributed by atoms with E-state index in [-0.39, 0.29) is 23.8 Å². The third-order valence-corrected chi connectivity index (χ3v) is 5.45. The number of hydrogen-bond acceptors (Lipinski definition) is 3. The first-order valence-corrected chi connectivity index (χ1v) is 10.8. The second-order valence-electron chi connectivity index (χ2n) is 8.19. The zero-order valence-corrected chi connectivity index (χ0v) is 17.9. The number of benzene rings is 2. The van der Waals surface area contributed by atoms with Crippen LogP contribution in [-0.4, -0.2) is 42.0 Å². The highest BCUT2D eigenvalue weighted by Gasteiger charge is 2.32. The molecule has 2 aromatic carbocycles. The van der Waals surface area contributed by atoms with Gasteiger partial charge < -0.3 is 15.0 Å². The number of nitrogens with one attached hydrogen (secondary N) is 1. The minimum atomic E-state index is -0.580. The van der Waals surface area contributed by atoms with Crippen LogP contribution < -0.4 is 5.32 Å². The molecule has 1 saturated heterocycles. The summed E-state index contributed by atoms with van der Waals surface area (Å²) in [5, 5.41) is 3.05. The third-order valence-electron chi connectivity index (χ3n) is 5.45. The van der Waals surface area contributed by atoms with E-state index >= 15 is 0 Å². The summed E-state index contributed by atoms with van der Waals surface area (Å²) < 4.78 is 5.65. The smallest absolute Gasteiger partial charge is 0.243 e. The van der Waals surface area contributed by atoms with E-state index in [4.69, 9.17) is 4.74 Å². The lowest BCUT2D eigenvalue weighted by molar-refractivity contribution is -0.143. The molecule has 0 radical (unpaired) electrons. The molecular formula is C25H32N2O3. The molecule has 30 heavy (non-hydrogen) atoms. The highest BCUT2D eigenvalue weighted by atomic mass is 16.5. The van der Waals surface area contributed by atoms with E-state index in [1.165, 1.54) is 0 Å². The lowest BCUT2D eigenvalue weighted by Gasteiger charge is -2.33. The highest BCUT2D eigenvalue weighted by Crippen LogP contribution is 2.18. The van der Waals surface area contributed by atoms with E-state index in [1.807, 2.05) is 74.5 Å². The van der Waals surface area contributed by atoms with Crippen LogP contribution in [0.2, 0.25) is 0 Å². The second kappa shape index (κ2) is 10.9. The van der Waals surface area contributed by atoms with Gasteiger partial charge in [0.1, 0.15) is 6.04 Å². The highest BCUT2D eigenvalue weighted by molar-refractivity contribution is 5.88. The Balaban J connectivity index is 1.84. The van der Waals surface area contributed by atoms with Gasteiger partial charge >= 0.3 is 0 Å². The molecule has 2 amide bonds. The molecule has 0 bridgehead atoms. The molecule has 0 spiro atoms. The van der Waals surface area contributed by atoms with Crippen molar-refractivity contribution in [2.75, 3.05) is 13.2 Å². The number of rotatable bonds is 9. The molecule has 0 aromatic heterocycles. The number of nitrogens with zero attached hydrogens (tertiary/aromatic N) is 1. The Morgan fingerprint density at radius 2 is 1.67 bits per heavy atom. The maximum absolute atomic E-state index is 13.3. The summed E-state index contributed by atoms with van der Waals surface area (Å²) in [5.74, 6) is -0.343. The van der Waals surface area contributed by atoms with Gasteiger partial charge in [-0.1, -0.05) is 74.5 Å². The summed E-state index contributed by atoms with van der Waals surface area (Å²) in [6, 6.07) is 19.1. The largest absolute Gasteiger partial charge is 0.376 e. The zero-order chi connectivity index (χ0) is 21.3. The van der Waals surface area contributed by atoms with Gasteiger partial charge in [0.2, 0.25) is 11.8 Å². The first kappa shape index (κ1) is 22.0. The van der Waals surface area contributed by atoms with Crippen molar-refractivity contribution in [3.05, 3.63) is 71.8 Å². The minimum Gasteiger partial charge on any atom is -0.376 e. The fourth-order valence-electron chi connectivity index (χ4n) is 3.77. The topological polar surface area (TPSA) is 58.6 Å². The number of amides is 2. The quantitative estimate of drug-likeness (QED) is 0.690. The third kappa shape index (κ3) is 6.17. The van der Waals surface area contributed by atoms with Gasteiger partial charge in [-0.15, -0.1) is 0 Å². The van der Waals surface area contributed by atoms with Gasteiger partial charge in [-0.25, -0.2) is 0 Å². The summed E-state index contributed by atoms with van der Waals surface area (Å²) in [6.45, 7) is 5.40. The van der Waals surface area contributed by atoms with Crippen LogP contribution in [0, 0.1) is 5.92 Å². The van der Waals surface area contributed by atoms with Crippen LogP contribution in [0.3, 0.4) is 0 Å². The van der Waals surface area contributed by atoms with Crippen molar-refractivity contribution in [3.63, 3.8) is 0 Å². The SMILES string of the molecule is CC(C)C(=O)N(Cc1ccccc1)[C@@H](Cc1ccccc1)C(=O)NC[C@H]1CCCO1. The molecule has 1 fully saturated rings. The van der Waals surface area contributed by atoms with Crippen molar-refractivity contribution in [2.45, 2.75) is 51.8 Å². The predicted octanol–water partition coefficient (Wildman–Crippen LogP) is 3.58. The summed E-state index contributed by atoms with van der Waals surface area (Å²) in [4.78, 5) is 28.2. The van der Waals surface area contributed by atoms with E-state index in [0.29, 0.717) is 19.5 Å². The Kier molecular flexibility index (Phi) is 8.03. The van der Waals surface area contributed by atoms with Gasteiger partial charge in [0.25, 0.3) is 0 Å². The van der Waals surface area contributed by atoms with E-state index < -0.39 is 6.04 Å². The Hall–Kier alpha value is -2.66. The lowest BCUT2D eigenvalue weighted by atomic mass is 10.0. The Bertz CT molecular complexity index is 802. The summed E-state index contributed by atoms with van der Waals surface area (Å²) >= 11 is 0. The Morgan fingerprint density at radius 3 is 2.23 bits per heavy atom. The van der Waals surface area contributed by atoms with Crippen molar-refractivity contribution in [1.82, 2.24) is 10.2 Å². The lowest BCUT2D eigenvalue weighted by Crippen LogP contribution is -2.52. The van der Waals surface area contributed by atoms with Crippen molar-refractivity contribution >= 4 is 11.8 Å². The maximum atomic E-state index is 13.3.